The molecule has 0 saturated carbocycles. The van der Waals surface area contributed by atoms with E-state index >= 15 is 0 Å². The number of amides is 1. The van der Waals surface area contributed by atoms with Crippen LogP contribution in [0.2, 0.25) is 0 Å². The molecule has 0 aliphatic heterocycles. The normalized spacial score (nSPS) is 10.8. The zero-order chi connectivity index (χ0) is 18.5. The predicted octanol–water partition coefficient (Wildman–Crippen LogP) is 4.75. The Kier molecular flexibility index (Phi) is 5.21. The molecule has 0 aliphatic carbocycles. The van der Waals surface area contributed by atoms with Crippen molar-refractivity contribution in [2.45, 2.75) is 5.16 Å². The third kappa shape index (κ3) is 4.20. The van der Waals surface area contributed by atoms with Crippen molar-refractivity contribution in [3.05, 3.63) is 84.6 Å². The van der Waals surface area contributed by atoms with Crippen molar-refractivity contribution in [3.8, 4) is 11.3 Å². The molecule has 0 unspecified atom stereocenters. The molecule has 0 atom stereocenters. The molecular weight excluding hydrogens is 354 g/mol. The van der Waals surface area contributed by atoms with Crippen LogP contribution in [-0.4, -0.2) is 28.2 Å². The van der Waals surface area contributed by atoms with Crippen molar-refractivity contribution < 1.29 is 4.79 Å². The van der Waals surface area contributed by atoms with Gasteiger partial charge in [0, 0.05) is 17.9 Å². The maximum Gasteiger partial charge on any atom is 0.251 e. The maximum atomic E-state index is 12.3. The van der Waals surface area contributed by atoms with E-state index in [2.05, 4.69) is 15.3 Å². The van der Waals surface area contributed by atoms with Crippen LogP contribution >= 0.6 is 11.8 Å². The van der Waals surface area contributed by atoms with Gasteiger partial charge in [-0.25, -0.2) is 4.98 Å². The molecule has 2 N–H and O–H groups in total. The summed E-state index contributed by atoms with van der Waals surface area (Å²) in [5.74, 6) is 0.701. The Bertz CT molecular complexity index is 1060. The van der Waals surface area contributed by atoms with E-state index in [1.54, 1.807) is 11.8 Å². The molecule has 4 nitrogen and oxygen atoms in total. The van der Waals surface area contributed by atoms with Crippen molar-refractivity contribution in [3.63, 3.8) is 0 Å². The van der Waals surface area contributed by atoms with Crippen LogP contribution in [0.1, 0.15) is 10.4 Å². The summed E-state index contributed by atoms with van der Waals surface area (Å²) in [5, 5.41) is 6.03. The number of nitrogens with one attached hydrogen (secondary N) is 2. The maximum absolute atomic E-state index is 12.3. The van der Waals surface area contributed by atoms with E-state index in [1.807, 2.05) is 79.0 Å². The molecule has 1 aromatic heterocycles. The minimum Gasteiger partial charge on any atom is -0.351 e. The number of benzene rings is 3. The Hall–Kier alpha value is -3.05. The van der Waals surface area contributed by atoms with E-state index < -0.39 is 0 Å². The second-order valence-corrected chi connectivity index (χ2v) is 7.22. The number of carbonyl (C=O) groups excluding carboxylic acids is 1. The molecule has 0 radical (unpaired) electrons. The molecule has 27 heavy (non-hydrogen) atoms. The highest BCUT2D eigenvalue weighted by Gasteiger charge is 2.07. The molecule has 4 aromatic rings. The van der Waals surface area contributed by atoms with Crippen LogP contribution in [-0.2, 0) is 0 Å². The molecule has 3 aromatic carbocycles. The molecule has 134 valence electrons. The quantitative estimate of drug-likeness (QED) is 0.379. The average Bonchev–Trinajstić information content (AvgIpc) is 3.20. The summed E-state index contributed by atoms with van der Waals surface area (Å²) in [4.78, 5) is 20.0. The third-order valence-electron chi connectivity index (χ3n) is 4.28. The molecular formula is C22H19N3OS. The van der Waals surface area contributed by atoms with Gasteiger partial charge >= 0.3 is 0 Å². The van der Waals surface area contributed by atoms with Crippen molar-refractivity contribution in [1.82, 2.24) is 15.3 Å². The number of nitrogens with zero attached hydrogens (tertiary/aromatic N) is 1. The van der Waals surface area contributed by atoms with Crippen LogP contribution in [0.15, 0.2) is 84.1 Å². The lowest BCUT2D eigenvalue weighted by atomic mass is 10.1. The van der Waals surface area contributed by atoms with Gasteiger partial charge in [0.05, 0.1) is 11.9 Å². The van der Waals surface area contributed by atoms with Gasteiger partial charge in [0.1, 0.15) is 0 Å². The fourth-order valence-electron chi connectivity index (χ4n) is 2.89. The standard InChI is InChI=1S/C22H19N3OS/c26-21(19-11-10-16-6-4-5-9-18(16)14-19)23-12-13-27-22-24-15-20(25-22)17-7-2-1-3-8-17/h1-11,14-15H,12-13H2,(H,23,26)(H,24,25). The van der Waals surface area contributed by atoms with Gasteiger partial charge in [-0.1, -0.05) is 72.4 Å². The smallest absolute Gasteiger partial charge is 0.251 e. The second-order valence-electron chi connectivity index (χ2n) is 6.13. The highest BCUT2D eigenvalue weighted by molar-refractivity contribution is 7.99. The zero-order valence-electron chi connectivity index (χ0n) is 14.7. The topological polar surface area (TPSA) is 57.8 Å². The molecule has 5 heteroatoms. The molecule has 1 heterocycles. The van der Waals surface area contributed by atoms with E-state index in [-0.39, 0.29) is 5.91 Å². The molecule has 0 fully saturated rings. The lowest BCUT2D eigenvalue weighted by Crippen LogP contribution is -2.25. The Labute approximate surface area is 162 Å². The average molecular weight is 373 g/mol. The highest BCUT2D eigenvalue weighted by atomic mass is 32.2. The van der Waals surface area contributed by atoms with Crippen LogP contribution < -0.4 is 5.32 Å². The summed E-state index contributed by atoms with van der Waals surface area (Å²) >= 11 is 1.59. The summed E-state index contributed by atoms with van der Waals surface area (Å²) in [5.41, 5.74) is 2.79. The first-order chi connectivity index (χ1) is 13.3. The van der Waals surface area contributed by atoms with Gasteiger partial charge in [-0.15, -0.1) is 0 Å². The number of aromatic nitrogens is 2. The van der Waals surface area contributed by atoms with E-state index in [1.165, 1.54) is 0 Å². The third-order valence-corrected chi connectivity index (χ3v) is 5.16. The predicted molar refractivity (Wildman–Crippen MR) is 111 cm³/mol. The SMILES string of the molecule is O=C(NCCSc1ncc(-c2ccccc2)[nH]1)c1ccc2ccccc2c1. The number of hydrogen-bond donors (Lipinski definition) is 2. The summed E-state index contributed by atoms with van der Waals surface area (Å²) < 4.78 is 0. The number of imidazole rings is 1. The number of H-pyrrole nitrogens is 1. The van der Waals surface area contributed by atoms with E-state index in [9.17, 15) is 4.79 Å². The Morgan fingerprint density at radius 3 is 2.59 bits per heavy atom. The van der Waals surface area contributed by atoms with Crippen molar-refractivity contribution in [2.24, 2.45) is 0 Å². The Morgan fingerprint density at radius 1 is 0.963 bits per heavy atom. The van der Waals surface area contributed by atoms with Gasteiger partial charge in [-0.3, -0.25) is 4.79 Å². The monoisotopic (exact) mass is 373 g/mol. The van der Waals surface area contributed by atoms with Crippen LogP contribution in [0, 0.1) is 0 Å². The second kappa shape index (κ2) is 8.10. The van der Waals surface area contributed by atoms with E-state index in [4.69, 9.17) is 0 Å². The van der Waals surface area contributed by atoms with Crippen LogP contribution in [0.3, 0.4) is 0 Å². The molecule has 0 bridgehead atoms. The van der Waals surface area contributed by atoms with Gasteiger partial charge in [-0.05, 0) is 28.5 Å². The number of rotatable bonds is 6. The lowest BCUT2D eigenvalue weighted by molar-refractivity contribution is 0.0956. The largest absolute Gasteiger partial charge is 0.351 e. The van der Waals surface area contributed by atoms with Crippen LogP contribution in [0.25, 0.3) is 22.0 Å². The first-order valence-corrected chi connectivity index (χ1v) is 9.78. The number of thioether (sulfide) groups is 1. The summed E-state index contributed by atoms with van der Waals surface area (Å²) in [7, 11) is 0. The van der Waals surface area contributed by atoms with Crippen molar-refractivity contribution >= 4 is 28.4 Å². The highest BCUT2D eigenvalue weighted by Crippen LogP contribution is 2.21. The van der Waals surface area contributed by atoms with Crippen LogP contribution in [0.5, 0.6) is 0 Å². The van der Waals surface area contributed by atoms with Gasteiger partial charge in [-0.2, -0.15) is 0 Å². The summed E-state index contributed by atoms with van der Waals surface area (Å²) in [6.45, 7) is 0.581. The first-order valence-electron chi connectivity index (χ1n) is 8.80. The number of hydrogen-bond acceptors (Lipinski definition) is 3. The van der Waals surface area contributed by atoms with E-state index in [0.29, 0.717) is 12.1 Å². The Balaban J connectivity index is 1.29. The fourth-order valence-corrected chi connectivity index (χ4v) is 3.59. The molecule has 0 aliphatic rings. The van der Waals surface area contributed by atoms with Crippen molar-refractivity contribution in [1.29, 1.82) is 0 Å². The number of carbonyl (C=O) groups is 1. The summed E-state index contributed by atoms with van der Waals surface area (Å²) in [6, 6.07) is 23.9. The Morgan fingerprint density at radius 2 is 1.74 bits per heavy atom. The zero-order valence-corrected chi connectivity index (χ0v) is 15.5. The fraction of sp³-hybridized carbons (Fsp3) is 0.0909. The van der Waals surface area contributed by atoms with Gasteiger partial charge in [0.15, 0.2) is 5.16 Å². The van der Waals surface area contributed by atoms with Crippen molar-refractivity contribution in [2.75, 3.05) is 12.3 Å². The summed E-state index contributed by atoms with van der Waals surface area (Å²) in [6.07, 6.45) is 1.84. The molecule has 1 amide bonds. The van der Waals surface area contributed by atoms with Gasteiger partial charge < -0.3 is 10.3 Å². The van der Waals surface area contributed by atoms with Gasteiger partial charge in [0.25, 0.3) is 5.91 Å². The minimum absolute atomic E-state index is 0.0502. The molecule has 0 spiro atoms. The lowest BCUT2D eigenvalue weighted by Gasteiger charge is -2.06. The van der Waals surface area contributed by atoms with Gasteiger partial charge in [0.2, 0.25) is 0 Å². The molecule has 0 saturated heterocycles. The number of aromatic amines is 1. The first kappa shape index (κ1) is 17.4. The minimum atomic E-state index is -0.0502. The number of fused-ring (bicyclic) bond motifs is 1. The van der Waals surface area contributed by atoms with E-state index in [0.717, 1.165) is 32.9 Å². The molecule has 4 rings (SSSR count). The van der Waals surface area contributed by atoms with Crippen LogP contribution in [0.4, 0.5) is 0 Å².